The molecular formula is C15H23BrN2O2. The van der Waals surface area contributed by atoms with Crippen molar-refractivity contribution in [3.63, 3.8) is 0 Å². The van der Waals surface area contributed by atoms with E-state index in [0.717, 1.165) is 16.5 Å². The lowest BCUT2D eigenvalue weighted by Gasteiger charge is -2.32. The Morgan fingerprint density at radius 1 is 1.45 bits per heavy atom. The standard InChI is InChI=1S/C15H23BrN2O2/c1-4-9-18(15(19)14(17)10-20-3)11(2)12-7-5-6-8-13(12)16/h5-8,11,14H,4,9-10,17H2,1-3H3. The summed E-state index contributed by atoms with van der Waals surface area (Å²) in [7, 11) is 1.55. The maximum absolute atomic E-state index is 12.5. The summed E-state index contributed by atoms with van der Waals surface area (Å²) in [4.78, 5) is 14.3. The fourth-order valence-corrected chi connectivity index (χ4v) is 2.80. The average Bonchev–Trinajstić information content (AvgIpc) is 2.44. The van der Waals surface area contributed by atoms with Gasteiger partial charge in [-0.25, -0.2) is 0 Å². The Labute approximate surface area is 129 Å². The summed E-state index contributed by atoms with van der Waals surface area (Å²) < 4.78 is 5.98. The van der Waals surface area contributed by atoms with Gasteiger partial charge in [0.1, 0.15) is 6.04 Å². The van der Waals surface area contributed by atoms with E-state index in [-0.39, 0.29) is 18.6 Å². The normalized spacial score (nSPS) is 13.8. The minimum absolute atomic E-state index is 0.0269. The predicted molar refractivity (Wildman–Crippen MR) is 84.4 cm³/mol. The Morgan fingerprint density at radius 3 is 2.65 bits per heavy atom. The first-order chi connectivity index (χ1) is 9.52. The number of benzene rings is 1. The monoisotopic (exact) mass is 342 g/mol. The van der Waals surface area contributed by atoms with Crippen LogP contribution in [0.25, 0.3) is 0 Å². The fraction of sp³-hybridized carbons (Fsp3) is 0.533. The van der Waals surface area contributed by atoms with Crippen LogP contribution in [0, 0.1) is 0 Å². The molecule has 0 aliphatic carbocycles. The van der Waals surface area contributed by atoms with Crippen molar-refractivity contribution in [1.82, 2.24) is 4.90 Å². The van der Waals surface area contributed by atoms with E-state index in [1.165, 1.54) is 0 Å². The van der Waals surface area contributed by atoms with Gasteiger partial charge in [-0.1, -0.05) is 41.1 Å². The van der Waals surface area contributed by atoms with Gasteiger partial charge in [0.25, 0.3) is 0 Å². The van der Waals surface area contributed by atoms with Gasteiger partial charge in [0, 0.05) is 18.1 Å². The molecule has 0 spiro atoms. The Bertz CT molecular complexity index is 440. The number of methoxy groups -OCH3 is 1. The van der Waals surface area contributed by atoms with Crippen molar-refractivity contribution in [2.75, 3.05) is 20.3 Å². The average molecular weight is 343 g/mol. The molecule has 0 fully saturated rings. The van der Waals surface area contributed by atoms with Crippen LogP contribution in [0.1, 0.15) is 31.9 Å². The van der Waals surface area contributed by atoms with Crippen molar-refractivity contribution in [2.24, 2.45) is 5.73 Å². The van der Waals surface area contributed by atoms with Gasteiger partial charge < -0.3 is 15.4 Å². The van der Waals surface area contributed by atoms with Crippen molar-refractivity contribution in [3.05, 3.63) is 34.3 Å². The lowest BCUT2D eigenvalue weighted by Crippen LogP contribution is -2.47. The Balaban J connectivity index is 2.95. The number of nitrogens with two attached hydrogens (primary N) is 1. The number of hydrogen-bond acceptors (Lipinski definition) is 3. The van der Waals surface area contributed by atoms with E-state index in [1.807, 2.05) is 36.1 Å². The molecule has 0 heterocycles. The van der Waals surface area contributed by atoms with Gasteiger partial charge in [-0.2, -0.15) is 0 Å². The van der Waals surface area contributed by atoms with E-state index < -0.39 is 6.04 Å². The highest BCUT2D eigenvalue weighted by Gasteiger charge is 2.26. The van der Waals surface area contributed by atoms with Crippen LogP contribution in [0.5, 0.6) is 0 Å². The van der Waals surface area contributed by atoms with Gasteiger partial charge in [-0.15, -0.1) is 0 Å². The molecule has 0 bridgehead atoms. The zero-order valence-electron chi connectivity index (χ0n) is 12.3. The highest BCUT2D eigenvalue weighted by atomic mass is 79.9. The third-order valence-electron chi connectivity index (χ3n) is 3.23. The minimum Gasteiger partial charge on any atom is -0.383 e. The van der Waals surface area contributed by atoms with Crippen LogP contribution in [0.4, 0.5) is 0 Å². The van der Waals surface area contributed by atoms with Crippen LogP contribution < -0.4 is 5.73 Å². The molecule has 1 amide bonds. The van der Waals surface area contributed by atoms with E-state index in [9.17, 15) is 4.79 Å². The van der Waals surface area contributed by atoms with Gasteiger partial charge in [0.2, 0.25) is 5.91 Å². The van der Waals surface area contributed by atoms with E-state index in [4.69, 9.17) is 10.5 Å². The van der Waals surface area contributed by atoms with Gasteiger partial charge in [-0.05, 0) is 25.0 Å². The summed E-state index contributed by atoms with van der Waals surface area (Å²) in [5.41, 5.74) is 6.97. The van der Waals surface area contributed by atoms with Crippen LogP contribution in [-0.4, -0.2) is 37.1 Å². The molecule has 0 saturated carbocycles. The zero-order valence-corrected chi connectivity index (χ0v) is 13.9. The predicted octanol–water partition coefficient (Wildman–Crippen LogP) is 2.72. The molecule has 0 aliphatic heterocycles. The maximum Gasteiger partial charge on any atom is 0.242 e. The second-order valence-electron chi connectivity index (χ2n) is 4.79. The Kier molecular flexibility index (Phi) is 7.19. The van der Waals surface area contributed by atoms with Crippen LogP contribution in [-0.2, 0) is 9.53 Å². The van der Waals surface area contributed by atoms with Gasteiger partial charge in [-0.3, -0.25) is 4.79 Å². The Morgan fingerprint density at radius 2 is 2.10 bits per heavy atom. The number of ether oxygens (including phenoxy) is 1. The highest BCUT2D eigenvalue weighted by molar-refractivity contribution is 9.10. The molecule has 5 heteroatoms. The molecule has 0 radical (unpaired) electrons. The van der Waals surface area contributed by atoms with Gasteiger partial charge in [0.05, 0.1) is 12.6 Å². The van der Waals surface area contributed by atoms with Crippen LogP contribution in [0.3, 0.4) is 0 Å². The molecule has 1 aromatic carbocycles. The fourth-order valence-electron chi connectivity index (χ4n) is 2.18. The topological polar surface area (TPSA) is 55.6 Å². The number of nitrogens with zero attached hydrogens (tertiary/aromatic N) is 1. The van der Waals surface area contributed by atoms with E-state index in [0.29, 0.717) is 6.54 Å². The lowest BCUT2D eigenvalue weighted by atomic mass is 10.1. The number of carbonyl (C=O) groups is 1. The number of rotatable bonds is 7. The van der Waals surface area contributed by atoms with Crippen LogP contribution in [0.15, 0.2) is 28.7 Å². The first-order valence-corrected chi connectivity index (χ1v) is 7.61. The molecule has 4 nitrogen and oxygen atoms in total. The molecule has 112 valence electrons. The van der Waals surface area contributed by atoms with E-state index >= 15 is 0 Å². The maximum atomic E-state index is 12.5. The Hall–Kier alpha value is -0.910. The molecule has 1 rings (SSSR count). The van der Waals surface area contributed by atoms with E-state index in [1.54, 1.807) is 7.11 Å². The summed E-state index contributed by atoms with van der Waals surface area (Å²) >= 11 is 3.54. The van der Waals surface area contributed by atoms with Crippen LogP contribution >= 0.6 is 15.9 Å². The summed E-state index contributed by atoms with van der Waals surface area (Å²) in [6.07, 6.45) is 0.889. The van der Waals surface area contributed by atoms with Gasteiger partial charge >= 0.3 is 0 Å². The summed E-state index contributed by atoms with van der Waals surface area (Å²) in [5.74, 6) is -0.0723. The van der Waals surface area contributed by atoms with Crippen molar-refractivity contribution in [3.8, 4) is 0 Å². The summed E-state index contributed by atoms with van der Waals surface area (Å²) in [5, 5.41) is 0. The molecule has 2 atom stereocenters. The smallest absolute Gasteiger partial charge is 0.242 e. The van der Waals surface area contributed by atoms with E-state index in [2.05, 4.69) is 22.9 Å². The second kappa shape index (κ2) is 8.39. The molecule has 0 saturated heterocycles. The molecule has 1 aromatic rings. The van der Waals surface area contributed by atoms with Crippen molar-refractivity contribution >= 4 is 21.8 Å². The van der Waals surface area contributed by atoms with Crippen molar-refractivity contribution in [2.45, 2.75) is 32.4 Å². The SMILES string of the molecule is CCCN(C(=O)C(N)COC)C(C)c1ccccc1Br. The minimum atomic E-state index is -0.614. The second-order valence-corrected chi connectivity index (χ2v) is 5.65. The first kappa shape index (κ1) is 17.1. The zero-order chi connectivity index (χ0) is 15.1. The molecule has 0 aliphatic rings. The highest BCUT2D eigenvalue weighted by Crippen LogP contribution is 2.28. The molecule has 20 heavy (non-hydrogen) atoms. The summed E-state index contributed by atoms with van der Waals surface area (Å²) in [6, 6.07) is 7.29. The number of hydrogen-bond donors (Lipinski definition) is 1. The quantitative estimate of drug-likeness (QED) is 0.828. The van der Waals surface area contributed by atoms with Crippen LogP contribution in [0.2, 0.25) is 0 Å². The molecule has 2 unspecified atom stereocenters. The van der Waals surface area contributed by atoms with Crippen molar-refractivity contribution < 1.29 is 9.53 Å². The third-order valence-corrected chi connectivity index (χ3v) is 3.96. The van der Waals surface area contributed by atoms with Crippen molar-refractivity contribution in [1.29, 1.82) is 0 Å². The number of carbonyl (C=O) groups excluding carboxylic acids is 1. The lowest BCUT2D eigenvalue weighted by molar-refractivity contribution is -0.136. The third kappa shape index (κ3) is 4.30. The number of amides is 1. The first-order valence-electron chi connectivity index (χ1n) is 6.82. The molecular weight excluding hydrogens is 320 g/mol. The number of halogens is 1. The largest absolute Gasteiger partial charge is 0.383 e. The molecule has 2 N–H and O–H groups in total. The summed E-state index contributed by atoms with van der Waals surface area (Å²) in [6.45, 7) is 4.99. The molecule has 0 aromatic heterocycles. The van der Waals surface area contributed by atoms with Gasteiger partial charge in [0.15, 0.2) is 0 Å².